The fraction of sp³-hybridized carbons (Fsp3) is 1.00. The molecular weight excluding hydrogens is 210 g/mol. The summed E-state index contributed by atoms with van der Waals surface area (Å²) in [6.07, 6.45) is 2.51. The molecular formula is C14H31N3. The van der Waals surface area contributed by atoms with Gasteiger partial charge in [-0.3, -0.25) is 4.90 Å². The second kappa shape index (κ2) is 5.25. The van der Waals surface area contributed by atoms with Crippen molar-refractivity contribution in [1.29, 1.82) is 0 Å². The van der Waals surface area contributed by atoms with E-state index in [1.807, 2.05) is 7.05 Å². The predicted octanol–water partition coefficient (Wildman–Crippen LogP) is 1.79. The third-order valence-corrected chi connectivity index (χ3v) is 4.62. The van der Waals surface area contributed by atoms with Gasteiger partial charge in [-0.25, -0.2) is 0 Å². The first kappa shape index (κ1) is 14.9. The molecule has 1 heterocycles. The number of hydrogen-bond donors (Lipinski definition) is 1. The lowest BCUT2D eigenvalue weighted by Gasteiger charge is -2.55. The number of likely N-dealkylation sites (tertiary alicyclic amines) is 1. The molecule has 0 amide bonds. The van der Waals surface area contributed by atoms with Gasteiger partial charge >= 0.3 is 0 Å². The standard InChI is InChI=1S/C14H31N3/c1-13(2)10-12(16(6)9-8-15-5)11-14(3,4)17(13)7/h12,15H,8-11H2,1-7H3. The van der Waals surface area contributed by atoms with Crippen LogP contribution < -0.4 is 5.32 Å². The normalized spacial score (nSPS) is 25.4. The first-order valence-corrected chi connectivity index (χ1v) is 6.79. The molecule has 1 saturated heterocycles. The van der Waals surface area contributed by atoms with Crippen molar-refractivity contribution >= 4 is 0 Å². The lowest BCUT2D eigenvalue weighted by atomic mass is 9.77. The first-order chi connectivity index (χ1) is 7.70. The van der Waals surface area contributed by atoms with Gasteiger partial charge in [0.1, 0.15) is 0 Å². The van der Waals surface area contributed by atoms with Crippen molar-refractivity contribution in [2.24, 2.45) is 0 Å². The maximum absolute atomic E-state index is 3.24. The Bertz CT molecular complexity index is 230. The summed E-state index contributed by atoms with van der Waals surface area (Å²) in [6, 6.07) is 0.699. The Labute approximate surface area is 108 Å². The van der Waals surface area contributed by atoms with Crippen LogP contribution in [0, 0.1) is 0 Å². The number of rotatable bonds is 4. The molecule has 3 nitrogen and oxygen atoms in total. The van der Waals surface area contributed by atoms with Gasteiger partial charge in [-0.1, -0.05) is 0 Å². The SMILES string of the molecule is CNCCN(C)C1CC(C)(C)N(C)C(C)(C)C1. The van der Waals surface area contributed by atoms with E-state index < -0.39 is 0 Å². The van der Waals surface area contributed by atoms with Crippen LogP contribution in [-0.4, -0.2) is 61.2 Å². The van der Waals surface area contributed by atoms with E-state index in [1.54, 1.807) is 0 Å². The van der Waals surface area contributed by atoms with Crippen LogP contribution in [0.5, 0.6) is 0 Å². The average Bonchev–Trinajstić information content (AvgIpc) is 2.21. The van der Waals surface area contributed by atoms with Crippen molar-refractivity contribution in [3.8, 4) is 0 Å². The zero-order chi connectivity index (χ0) is 13.3. The molecule has 0 radical (unpaired) electrons. The number of hydrogen-bond acceptors (Lipinski definition) is 3. The van der Waals surface area contributed by atoms with Crippen LogP contribution in [0.25, 0.3) is 0 Å². The fourth-order valence-electron chi connectivity index (χ4n) is 3.10. The average molecular weight is 241 g/mol. The molecule has 1 rings (SSSR count). The zero-order valence-electron chi connectivity index (χ0n) is 12.8. The quantitative estimate of drug-likeness (QED) is 0.809. The highest BCUT2D eigenvalue weighted by Crippen LogP contribution is 2.38. The molecule has 1 aliphatic heterocycles. The number of piperidine rings is 1. The lowest BCUT2D eigenvalue weighted by molar-refractivity contribution is -0.0420. The lowest BCUT2D eigenvalue weighted by Crippen LogP contribution is -2.62. The van der Waals surface area contributed by atoms with Gasteiger partial charge in [0.05, 0.1) is 0 Å². The van der Waals surface area contributed by atoms with Crippen LogP contribution in [0.15, 0.2) is 0 Å². The van der Waals surface area contributed by atoms with Gasteiger partial charge < -0.3 is 10.2 Å². The molecule has 102 valence electrons. The predicted molar refractivity (Wildman–Crippen MR) is 75.5 cm³/mol. The summed E-state index contributed by atoms with van der Waals surface area (Å²) in [6.45, 7) is 11.7. The van der Waals surface area contributed by atoms with Crippen molar-refractivity contribution in [3.63, 3.8) is 0 Å². The van der Waals surface area contributed by atoms with Crippen LogP contribution in [0.4, 0.5) is 0 Å². The summed E-state index contributed by atoms with van der Waals surface area (Å²) in [5, 5.41) is 3.24. The Morgan fingerprint density at radius 2 is 1.65 bits per heavy atom. The highest BCUT2D eigenvalue weighted by Gasteiger charge is 2.43. The summed E-state index contributed by atoms with van der Waals surface area (Å²) in [4.78, 5) is 5.06. The summed E-state index contributed by atoms with van der Waals surface area (Å²) in [5.74, 6) is 0. The van der Waals surface area contributed by atoms with E-state index in [-0.39, 0.29) is 0 Å². The molecule has 0 bridgehead atoms. The molecule has 17 heavy (non-hydrogen) atoms. The zero-order valence-corrected chi connectivity index (χ0v) is 12.8. The van der Waals surface area contributed by atoms with Crippen LogP contribution in [0.2, 0.25) is 0 Å². The summed E-state index contributed by atoms with van der Waals surface area (Å²) in [5.41, 5.74) is 0.584. The molecule has 1 N–H and O–H groups in total. The fourth-order valence-corrected chi connectivity index (χ4v) is 3.10. The third-order valence-electron chi connectivity index (χ3n) is 4.62. The highest BCUT2D eigenvalue weighted by atomic mass is 15.3. The van der Waals surface area contributed by atoms with E-state index in [9.17, 15) is 0 Å². The molecule has 0 aromatic carbocycles. The van der Waals surface area contributed by atoms with Gasteiger partial charge in [0.2, 0.25) is 0 Å². The van der Waals surface area contributed by atoms with Crippen molar-refractivity contribution in [3.05, 3.63) is 0 Å². The van der Waals surface area contributed by atoms with Crippen LogP contribution in [0.1, 0.15) is 40.5 Å². The van der Waals surface area contributed by atoms with Crippen LogP contribution >= 0.6 is 0 Å². The van der Waals surface area contributed by atoms with E-state index in [0.29, 0.717) is 17.1 Å². The third kappa shape index (κ3) is 3.43. The second-order valence-electron chi connectivity index (χ2n) is 6.83. The molecule has 0 aliphatic carbocycles. The highest BCUT2D eigenvalue weighted by molar-refractivity contribution is 5.00. The molecule has 1 aliphatic rings. The van der Waals surface area contributed by atoms with E-state index >= 15 is 0 Å². The molecule has 0 unspecified atom stereocenters. The Morgan fingerprint density at radius 3 is 2.06 bits per heavy atom. The minimum atomic E-state index is 0.292. The molecule has 1 fully saturated rings. The minimum Gasteiger partial charge on any atom is -0.318 e. The van der Waals surface area contributed by atoms with Gasteiger partial charge in [0.15, 0.2) is 0 Å². The Hall–Kier alpha value is -0.120. The van der Waals surface area contributed by atoms with Crippen molar-refractivity contribution in [1.82, 2.24) is 15.1 Å². The Balaban J connectivity index is 2.70. The molecule has 0 spiro atoms. The summed E-state index contributed by atoms with van der Waals surface area (Å²) >= 11 is 0. The largest absolute Gasteiger partial charge is 0.318 e. The maximum Gasteiger partial charge on any atom is 0.0170 e. The van der Waals surface area contributed by atoms with Crippen LogP contribution in [0.3, 0.4) is 0 Å². The van der Waals surface area contributed by atoms with Crippen LogP contribution in [-0.2, 0) is 0 Å². The van der Waals surface area contributed by atoms with Gasteiger partial charge in [0.25, 0.3) is 0 Å². The van der Waals surface area contributed by atoms with Gasteiger partial charge in [-0.15, -0.1) is 0 Å². The van der Waals surface area contributed by atoms with E-state index in [1.165, 1.54) is 12.8 Å². The Kier molecular flexibility index (Phi) is 4.61. The smallest absolute Gasteiger partial charge is 0.0170 e. The van der Waals surface area contributed by atoms with Crippen molar-refractivity contribution < 1.29 is 0 Å². The van der Waals surface area contributed by atoms with Crippen molar-refractivity contribution in [2.45, 2.75) is 57.7 Å². The summed E-state index contributed by atoms with van der Waals surface area (Å²) < 4.78 is 0. The minimum absolute atomic E-state index is 0.292. The molecule has 0 saturated carbocycles. The first-order valence-electron chi connectivity index (χ1n) is 6.79. The number of nitrogens with one attached hydrogen (secondary N) is 1. The monoisotopic (exact) mass is 241 g/mol. The molecule has 0 aromatic heterocycles. The van der Waals surface area contributed by atoms with Gasteiger partial charge in [0, 0.05) is 30.2 Å². The Morgan fingerprint density at radius 1 is 1.18 bits per heavy atom. The number of likely N-dealkylation sites (N-methyl/N-ethyl adjacent to an activating group) is 2. The maximum atomic E-state index is 3.24. The van der Waals surface area contributed by atoms with E-state index in [4.69, 9.17) is 0 Å². The summed E-state index contributed by atoms with van der Waals surface area (Å²) in [7, 11) is 6.56. The second-order valence-corrected chi connectivity index (χ2v) is 6.83. The molecule has 0 atom stereocenters. The van der Waals surface area contributed by atoms with Gasteiger partial charge in [-0.05, 0) is 61.7 Å². The van der Waals surface area contributed by atoms with E-state index in [2.05, 4.69) is 56.9 Å². The van der Waals surface area contributed by atoms with Crippen molar-refractivity contribution in [2.75, 3.05) is 34.2 Å². The van der Waals surface area contributed by atoms with E-state index in [0.717, 1.165) is 13.1 Å². The van der Waals surface area contributed by atoms with Gasteiger partial charge in [-0.2, -0.15) is 0 Å². The molecule has 0 aromatic rings. The molecule has 3 heteroatoms. The topological polar surface area (TPSA) is 18.5 Å². The number of nitrogens with zero attached hydrogens (tertiary/aromatic N) is 2.